The zero-order valence-electron chi connectivity index (χ0n) is 13.6. The summed E-state index contributed by atoms with van der Waals surface area (Å²) in [6, 6.07) is -3.14. The highest BCUT2D eigenvalue weighted by Gasteiger charge is 2.24. The molecule has 0 aliphatic heterocycles. The molecule has 0 spiro atoms. The van der Waals surface area contributed by atoms with Crippen LogP contribution in [0.1, 0.15) is 13.3 Å². The molecule has 0 bridgehead atoms. The molecule has 1 unspecified atom stereocenters. The van der Waals surface area contributed by atoms with E-state index in [4.69, 9.17) is 33.9 Å². The summed E-state index contributed by atoms with van der Waals surface area (Å²) in [4.78, 5) is 33.5. The van der Waals surface area contributed by atoms with Crippen LogP contribution in [0.4, 0.5) is 0 Å². The summed E-state index contributed by atoms with van der Waals surface area (Å²) in [6.07, 6.45) is -1.40. The second kappa shape index (κ2) is 11.5. The van der Waals surface area contributed by atoms with Gasteiger partial charge in [-0.25, -0.2) is 10.2 Å². The second-order valence-corrected chi connectivity index (χ2v) is 5.61. The Hall–Kier alpha value is -2.06. The lowest BCUT2D eigenvalue weighted by molar-refractivity contribution is -0.141. The van der Waals surface area contributed by atoms with Gasteiger partial charge in [0.05, 0.1) is 18.8 Å². The lowest BCUT2D eigenvalue weighted by atomic mass is 10.2. The molecule has 0 aliphatic carbocycles. The normalized spacial score (nSPS) is 15.4. The predicted molar refractivity (Wildman–Crippen MR) is 90.8 cm³/mol. The molecule has 144 valence electrons. The number of nitrogens with two attached hydrogens (primary N) is 2. The number of amides is 2. The number of carboxylic acids is 1. The number of hydrazine groups is 1. The van der Waals surface area contributed by atoms with Crippen molar-refractivity contribution in [1.82, 2.24) is 21.5 Å². The Kier molecular flexibility index (Phi) is 10.5. The summed E-state index contributed by atoms with van der Waals surface area (Å²) in [7, 11) is 0. The smallest absolute Gasteiger partial charge is 0.328 e. The van der Waals surface area contributed by atoms with Crippen LogP contribution < -0.4 is 33.0 Å². The van der Waals surface area contributed by atoms with Crippen LogP contribution in [0.15, 0.2) is 0 Å². The molecular formula is C12H24N6O6S. The third-order valence-corrected chi connectivity index (χ3v) is 3.15. The van der Waals surface area contributed by atoms with Crippen LogP contribution in [-0.4, -0.2) is 75.6 Å². The lowest BCUT2D eigenvalue weighted by Crippen LogP contribution is -2.56. The van der Waals surface area contributed by atoms with Gasteiger partial charge >= 0.3 is 5.97 Å². The zero-order valence-corrected chi connectivity index (χ0v) is 14.4. The van der Waals surface area contributed by atoms with Crippen molar-refractivity contribution < 1.29 is 29.7 Å². The van der Waals surface area contributed by atoms with E-state index in [1.165, 1.54) is 6.92 Å². The van der Waals surface area contributed by atoms with Gasteiger partial charge in [-0.1, -0.05) is 0 Å². The maximum absolute atomic E-state index is 11.4. The quantitative estimate of drug-likeness (QED) is 0.123. The number of nitrogens with one attached hydrogen (secondary N) is 4. The van der Waals surface area contributed by atoms with Gasteiger partial charge in [0.15, 0.2) is 11.2 Å². The maximum atomic E-state index is 11.4. The molecule has 0 aromatic carbocycles. The molecule has 25 heavy (non-hydrogen) atoms. The molecule has 0 aliphatic rings. The van der Waals surface area contributed by atoms with Gasteiger partial charge in [0.2, 0.25) is 5.91 Å². The third kappa shape index (κ3) is 9.73. The fraction of sp³-hybridized carbons (Fsp3) is 0.667. The van der Waals surface area contributed by atoms with Gasteiger partial charge in [-0.05, 0) is 19.1 Å². The summed E-state index contributed by atoms with van der Waals surface area (Å²) >= 11 is 4.94. The highest BCUT2D eigenvalue weighted by Crippen LogP contribution is 1.95. The molecule has 12 nitrogen and oxygen atoms in total. The van der Waals surface area contributed by atoms with Gasteiger partial charge in [0.1, 0.15) is 6.04 Å². The van der Waals surface area contributed by atoms with E-state index in [0.717, 1.165) is 0 Å². The summed E-state index contributed by atoms with van der Waals surface area (Å²) in [5.41, 5.74) is 15.1. The number of hydrogen-bond acceptors (Lipinski definition) is 8. The van der Waals surface area contributed by atoms with Crippen molar-refractivity contribution >= 4 is 35.1 Å². The SMILES string of the molecule is CC(O)[C@H](NC(=S)N[C@H](CNNC(=O)[C@@H](N)CO)CC(N)=O)C(=O)O. The van der Waals surface area contributed by atoms with E-state index >= 15 is 0 Å². The van der Waals surface area contributed by atoms with E-state index in [-0.39, 0.29) is 18.1 Å². The molecule has 0 heterocycles. The molecular weight excluding hydrogens is 356 g/mol. The summed E-state index contributed by atoms with van der Waals surface area (Å²) in [5, 5.41) is 32.0. The van der Waals surface area contributed by atoms with Crippen molar-refractivity contribution in [3.05, 3.63) is 0 Å². The third-order valence-electron chi connectivity index (χ3n) is 2.91. The van der Waals surface area contributed by atoms with Crippen LogP contribution in [0.25, 0.3) is 0 Å². The Morgan fingerprint density at radius 2 is 1.84 bits per heavy atom. The minimum absolute atomic E-state index is 0.0128. The molecule has 2 amide bonds. The number of aliphatic hydroxyl groups excluding tert-OH is 2. The van der Waals surface area contributed by atoms with Crippen LogP contribution in [0.2, 0.25) is 0 Å². The fourth-order valence-electron chi connectivity index (χ4n) is 1.61. The number of hydrogen-bond donors (Lipinski definition) is 9. The summed E-state index contributed by atoms with van der Waals surface area (Å²) < 4.78 is 0. The van der Waals surface area contributed by atoms with E-state index in [2.05, 4.69) is 21.5 Å². The minimum atomic E-state index is -1.34. The van der Waals surface area contributed by atoms with E-state index in [1.54, 1.807) is 0 Å². The summed E-state index contributed by atoms with van der Waals surface area (Å²) in [6.45, 7) is 0.720. The first-order valence-electron chi connectivity index (χ1n) is 7.23. The Morgan fingerprint density at radius 1 is 1.24 bits per heavy atom. The molecule has 0 fully saturated rings. The number of carboxylic acid groups (broad SMARTS) is 1. The first-order valence-corrected chi connectivity index (χ1v) is 7.64. The summed E-state index contributed by atoms with van der Waals surface area (Å²) in [5.74, 6) is -2.64. The van der Waals surface area contributed by atoms with E-state index in [1.807, 2.05) is 0 Å². The van der Waals surface area contributed by atoms with Crippen molar-refractivity contribution in [2.75, 3.05) is 13.2 Å². The Labute approximate surface area is 149 Å². The highest BCUT2D eigenvalue weighted by atomic mass is 32.1. The monoisotopic (exact) mass is 380 g/mol. The first-order chi connectivity index (χ1) is 11.6. The number of carbonyl (C=O) groups is 3. The molecule has 11 N–H and O–H groups in total. The van der Waals surface area contributed by atoms with Gasteiger partial charge < -0.3 is 37.4 Å². The van der Waals surface area contributed by atoms with Crippen LogP contribution in [0, 0.1) is 0 Å². The number of aliphatic carboxylic acids is 1. The van der Waals surface area contributed by atoms with Crippen LogP contribution in [0.3, 0.4) is 0 Å². The number of rotatable bonds is 11. The van der Waals surface area contributed by atoms with Crippen molar-refractivity contribution in [2.24, 2.45) is 11.5 Å². The zero-order chi connectivity index (χ0) is 19.6. The minimum Gasteiger partial charge on any atom is -0.480 e. The first kappa shape index (κ1) is 22.9. The number of primary amides is 1. The predicted octanol–water partition coefficient (Wildman–Crippen LogP) is -4.53. The number of thiocarbonyl (C=S) groups is 1. The second-order valence-electron chi connectivity index (χ2n) is 5.20. The average Bonchev–Trinajstić information content (AvgIpc) is 2.50. The highest BCUT2D eigenvalue weighted by molar-refractivity contribution is 7.80. The standard InChI is InChI=1S/C12H24N6O6S/c1-5(20)9(11(23)24)17-12(25)16-6(2-8(14)21)3-15-18-10(22)7(13)4-19/h5-7,9,15,19-20H,2-4,13H2,1H3,(H2,14,21)(H,18,22)(H,23,24)(H2,16,17,25)/t5?,6-,7-,9-/m0/s1. The molecule has 4 atom stereocenters. The van der Waals surface area contributed by atoms with Crippen molar-refractivity contribution in [1.29, 1.82) is 0 Å². The molecule has 0 rings (SSSR count). The maximum Gasteiger partial charge on any atom is 0.328 e. The Bertz CT molecular complexity index is 491. The Morgan fingerprint density at radius 3 is 2.28 bits per heavy atom. The molecule has 0 radical (unpaired) electrons. The molecule has 0 aromatic heterocycles. The average molecular weight is 380 g/mol. The molecule has 13 heteroatoms. The van der Waals surface area contributed by atoms with Crippen molar-refractivity contribution in [3.8, 4) is 0 Å². The Balaban J connectivity index is 4.61. The van der Waals surface area contributed by atoms with Crippen molar-refractivity contribution in [3.63, 3.8) is 0 Å². The molecule has 0 saturated carbocycles. The van der Waals surface area contributed by atoms with Gasteiger partial charge in [-0.2, -0.15) is 0 Å². The molecule has 0 aromatic rings. The van der Waals surface area contributed by atoms with E-state index in [0.29, 0.717) is 0 Å². The topological polar surface area (TPSA) is 212 Å². The van der Waals surface area contributed by atoms with E-state index in [9.17, 15) is 19.5 Å². The largest absolute Gasteiger partial charge is 0.480 e. The van der Waals surface area contributed by atoms with Crippen LogP contribution >= 0.6 is 12.2 Å². The van der Waals surface area contributed by atoms with Crippen molar-refractivity contribution in [2.45, 2.75) is 37.6 Å². The van der Waals surface area contributed by atoms with Gasteiger partial charge in [0.25, 0.3) is 5.91 Å². The van der Waals surface area contributed by atoms with Gasteiger partial charge in [-0.3, -0.25) is 15.0 Å². The lowest BCUT2D eigenvalue weighted by Gasteiger charge is -2.24. The fourth-order valence-corrected chi connectivity index (χ4v) is 1.90. The van der Waals surface area contributed by atoms with Crippen LogP contribution in [0.5, 0.6) is 0 Å². The van der Waals surface area contributed by atoms with Crippen LogP contribution in [-0.2, 0) is 14.4 Å². The molecule has 0 saturated heterocycles. The van der Waals surface area contributed by atoms with Gasteiger partial charge in [0, 0.05) is 13.0 Å². The number of aliphatic hydroxyl groups is 2. The number of carbonyl (C=O) groups excluding carboxylic acids is 2. The van der Waals surface area contributed by atoms with Gasteiger partial charge in [-0.15, -0.1) is 0 Å². The van der Waals surface area contributed by atoms with E-state index < -0.39 is 48.6 Å².